The van der Waals surface area contributed by atoms with Gasteiger partial charge in [0.25, 0.3) is 17.5 Å². The van der Waals surface area contributed by atoms with Gasteiger partial charge < -0.3 is 26.1 Å². The van der Waals surface area contributed by atoms with Crippen molar-refractivity contribution in [2.75, 3.05) is 18.1 Å². The van der Waals surface area contributed by atoms with Gasteiger partial charge in [-0.3, -0.25) is 14.5 Å². The van der Waals surface area contributed by atoms with Gasteiger partial charge in [0.15, 0.2) is 5.13 Å². The summed E-state index contributed by atoms with van der Waals surface area (Å²) in [4.78, 5) is 58.8. The smallest absolute Gasteiger partial charge is 0.352 e. The molecule has 1 saturated heterocycles. The number of nitrogens with zero attached hydrogens (tertiary/aromatic N) is 7. The summed E-state index contributed by atoms with van der Waals surface area (Å²) in [6.45, 7) is -0.658. The number of fused-ring (bicyclic) bond motifs is 2. The predicted molar refractivity (Wildman–Crippen MR) is 136 cm³/mol. The van der Waals surface area contributed by atoms with E-state index in [2.05, 4.69) is 30.7 Å². The molecule has 2 amide bonds. The first kappa shape index (κ1) is 26.6. The Morgan fingerprint density at radius 1 is 1.35 bits per heavy atom. The van der Waals surface area contributed by atoms with Crippen LogP contribution >= 0.6 is 23.3 Å². The molecule has 18 heteroatoms. The zero-order chi connectivity index (χ0) is 28.6. The minimum atomic E-state index is -1.33. The summed E-state index contributed by atoms with van der Waals surface area (Å²) in [5.41, 5.74) is 6.58. The fourth-order valence-corrected chi connectivity index (χ4v) is 5.96. The second kappa shape index (κ2) is 10.6. The van der Waals surface area contributed by atoms with E-state index in [1.54, 1.807) is 39.7 Å². The van der Waals surface area contributed by atoms with E-state index in [0.29, 0.717) is 11.1 Å². The number of carboxylic acid groups (broad SMARTS) is 2. The number of carbonyl (C=O) groups is 4. The number of nitrogens with one attached hydrogen (secondary N) is 1. The van der Waals surface area contributed by atoms with Gasteiger partial charge in [0.1, 0.15) is 48.3 Å². The van der Waals surface area contributed by atoms with Crippen LogP contribution in [0.15, 0.2) is 47.1 Å². The Bertz CT molecular complexity index is 1670. The minimum Gasteiger partial charge on any atom is -0.479 e. The summed E-state index contributed by atoms with van der Waals surface area (Å²) in [5, 5.41) is 33.2. The average molecular weight is 585 g/mol. The van der Waals surface area contributed by atoms with Crippen molar-refractivity contribution in [2.45, 2.75) is 18.0 Å². The van der Waals surface area contributed by atoms with Crippen molar-refractivity contribution in [3.63, 3.8) is 0 Å². The molecule has 2 aliphatic rings. The molecule has 3 aromatic heterocycles. The third-order valence-corrected chi connectivity index (χ3v) is 7.78. The normalized spacial score (nSPS) is 18.6. The lowest BCUT2D eigenvalue weighted by Gasteiger charge is -2.49. The van der Waals surface area contributed by atoms with Crippen molar-refractivity contribution in [1.29, 1.82) is 5.26 Å². The number of thioether (sulfide) groups is 1. The third kappa shape index (κ3) is 4.90. The second-order valence-electron chi connectivity index (χ2n) is 8.40. The number of nitrogen functional groups attached to an aromatic ring is 1. The van der Waals surface area contributed by atoms with E-state index in [1.165, 1.54) is 11.8 Å². The molecule has 1 fully saturated rings. The first-order valence-corrected chi connectivity index (χ1v) is 13.1. The number of hydrogen-bond acceptors (Lipinski definition) is 12. The molecule has 5 N–H and O–H groups in total. The van der Waals surface area contributed by atoms with E-state index in [4.69, 9.17) is 16.1 Å². The van der Waals surface area contributed by atoms with Gasteiger partial charge in [0, 0.05) is 28.9 Å². The van der Waals surface area contributed by atoms with E-state index in [1.807, 2.05) is 0 Å². The molecular weight excluding hydrogens is 566 g/mol. The van der Waals surface area contributed by atoms with Crippen molar-refractivity contribution in [1.82, 2.24) is 24.0 Å². The molecule has 2 atom stereocenters. The lowest BCUT2D eigenvalue weighted by atomic mass is 10.0. The number of carboxylic acids is 2. The molecule has 0 aromatic carbocycles. The van der Waals surface area contributed by atoms with E-state index < -0.39 is 47.5 Å². The molecule has 16 nitrogen and oxygen atoms in total. The molecule has 0 radical (unpaired) electrons. The zero-order valence-electron chi connectivity index (χ0n) is 20.1. The predicted octanol–water partition coefficient (Wildman–Crippen LogP) is -1.22. The molecule has 0 unspecified atom stereocenters. The van der Waals surface area contributed by atoms with Gasteiger partial charge in [0.05, 0.1) is 5.56 Å². The van der Waals surface area contributed by atoms with E-state index in [-0.39, 0.29) is 29.0 Å². The quantitative estimate of drug-likeness (QED) is 0.100. The number of hydrogen-bond donors (Lipinski definition) is 4. The summed E-state index contributed by atoms with van der Waals surface area (Å²) in [5.74, 6) is -4.17. The fraction of sp³-hybridized carbons (Fsp3) is 0.227. The number of oxime groups is 1. The number of anilines is 1. The van der Waals surface area contributed by atoms with Gasteiger partial charge in [-0.2, -0.15) is 14.6 Å². The molecule has 40 heavy (non-hydrogen) atoms. The zero-order valence-corrected chi connectivity index (χ0v) is 21.8. The van der Waals surface area contributed by atoms with Crippen molar-refractivity contribution >= 4 is 63.5 Å². The molecule has 5 heterocycles. The SMILES string of the molecule is N#Cc1ccc2n(cc[n+]2CC2=C(C(=O)O)N3C(=O)[C@@H](NC(=O)/C(=N\OCC(=O)O)c4nsc(N)n4)[C@@H]3SC2)c1. The summed E-state index contributed by atoms with van der Waals surface area (Å²) < 4.78 is 7.42. The Morgan fingerprint density at radius 2 is 2.15 bits per heavy atom. The molecule has 204 valence electrons. The molecule has 0 bridgehead atoms. The largest absolute Gasteiger partial charge is 0.479 e. The maximum absolute atomic E-state index is 13.1. The molecule has 2 aliphatic heterocycles. The summed E-state index contributed by atoms with van der Waals surface area (Å²) in [6, 6.07) is 4.35. The Labute approximate surface area is 232 Å². The lowest BCUT2D eigenvalue weighted by molar-refractivity contribution is -0.662. The van der Waals surface area contributed by atoms with Crippen LogP contribution in [-0.2, 0) is 30.6 Å². The van der Waals surface area contributed by atoms with Crippen LogP contribution in [0.5, 0.6) is 0 Å². The number of β-lactam (4-membered cyclic amide) rings is 1. The number of amides is 2. The van der Waals surface area contributed by atoms with Crippen LogP contribution < -0.4 is 15.6 Å². The third-order valence-electron chi connectivity index (χ3n) is 5.90. The highest BCUT2D eigenvalue weighted by atomic mass is 32.2. The number of nitrogens with two attached hydrogens (primary N) is 1. The number of rotatable bonds is 9. The van der Waals surface area contributed by atoms with E-state index in [9.17, 15) is 24.3 Å². The first-order chi connectivity index (χ1) is 19.2. The van der Waals surface area contributed by atoms with Gasteiger partial charge in [-0.25, -0.2) is 18.6 Å². The van der Waals surface area contributed by atoms with Gasteiger partial charge in [-0.1, -0.05) is 5.16 Å². The van der Waals surface area contributed by atoms with Crippen LogP contribution in [0.3, 0.4) is 0 Å². The molecule has 0 aliphatic carbocycles. The second-order valence-corrected chi connectivity index (χ2v) is 10.3. The maximum atomic E-state index is 13.1. The van der Waals surface area contributed by atoms with E-state index in [0.717, 1.165) is 22.1 Å². The highest BCUT2D eigenvalue weighted by molar-refractivity contribution is 8.00. The standard InChI is InChI=1S/C22H17N9O7S2/c23-5-10-1-2-12-29(6-10)3-4-30(12)7-11-9-39-20-15(19(35)31(20)16(11)21(36)37)25-18(34)14(27-38-8-13(32)33)17-26-22(24)40-28-17/h1-4,6,15,20H,7-9H2,(H4-,24,25,26,28,32,33,34,36,37)/p+1/b27-14-/t15-,20+/m1/s1. The van der Waals surface area contributed by atoms with Crippen molar-refractivity contribution < 1.29 is 38.8 Å². The van der Waals surface area contributed by atoms with Crippen LogP contribution in [-0.4, -0.2) is 82.1 Å². The number of pyridine rings is 1. The average Bonchev–Trinajstić information content (AvgIpc) is 3.54. The van der Waals surface area contributed by atoms with Crippen LogP contribution in [0, 0.1) is 11.3 Å². The topological polar surface area (TPSA) is 229 Å². The highest BCUT2D eigenvalue weighted by Crippen LogP contribution is 2.40. The molecule has 0 saturated carbocycles. The molecule has 3 aromatic rings. The molecule has 5 rings (SSSR count). The minimum absolute atomic E-state index is 0.0191. The number of nitriles is 1. The van der Waals surface area contributed by atoms with Gasteiger partial charge in [0.2, 0.25) is 18.1 Å². The van der Waals surface area contributed by atoms with Gasteiger partial charge in [-0.15, -0.1) is 11.8 Å². The van der Waals surface area contributed by atoms with Crippen molar-refractivity contribution in [3.8, 4) is 6.07 Å². The Morgan fingerprint density at radius 3 is 2.83 bits per heavy atom. The Kier molecular flexibility index (Phi) is 7.06. The van der Waals surface area contributed by atoms with Crippen LogP contribution in [0.4, 0.5) is 5.13 Å². The number of aliphatic carboxylic acids is 2. The monoisotopic (exact) mass is 584 g/mol. The van der Waals surface area contributed by atoms with Crippen LogP contribution in [0.2, 0.25) is 0 Å². The highest BCUT2D eigenvalue weighted by Gasteiger charge is 2.54. The van der Waals surface area contributed by atoms with Gasteiger partial charge in [-0.05, 0) is 6.07 Å². The first-order valence-electron chi connectivity index (χ1n) is 11.3. The summed E-state index contributed by atoms with van der Waals surface area (Å²) >= 11 is 2.04. The Balaban J connectivity index is 1.36. The lowest BCUT2D eigenvalue weighted by Crippen LogP contribution is -2.71. The fourth-order valence-electron chi connectivity index (χ4n) is 4.19. The number of carbonyl (C=O) groups excluding carboxylic acids is 2. The molecular formula is C22H18N9O7S2+. The van der Waals surface area contributed by atoms with Gasteiger partial charge >= 0.3 is 11.9 Å². The maximum Gasteiger partial charge on any atom is 0.352 e. The summed E-state index contributed by atoms with van der Waals surface area (Å²) in [6.07, 6.45) is 5.13. The van der Waals surface area contributed by atoms with Crippen LogP contribution in [0.1, 0.15) is 11.4 Å². The van der Waals surface area contributed by atoms with E-state index >= 15 is 0 Å². The van der Waals surface area contributed by atoms with Crippen molar-refractivity contribution in [3.05, 3.63) is 53.4 Å². The Hall–Kier alpha value is -5.02. The van der Waals surface area contributed by atoms with Crippen LogP contribution in [0.25, 0.3) is 5.65 Å². The number of imidazole rings is 1. The molecule has 0 spiro atoms. The van der Waals surface area contributed by atoms with Crippen molar-refractivity contribution in [2.24, 2.45) is 5.16 Å². The summed E-state index contributed by atoms with van der Waals surface area (Å²) in [7, 11) is 0. The number of aromatic nitrogens is 4.